The Labute approximate surface area is 151 Å². The van der Waals surface area contributed by atoms with E-state index in [2.05, 4.69) is 5.10 Å². The smallest absolute Gasteiger partial charge is 0.305 e. The molecule has 0 unspecified atom stereocenters. The quantitative estimate of drug-likeness (QED) is 0.860. The highest BCUT2D eigenvalue weighted by atomic mass is 19.1. The first-order valence-electron chi connectivity index (χ1n) is 8.80. The minimum absolute atomic E-state index is 0.116. The van der Waals surface area contributed by atoms with Gasteiger partial charge in [0.15, 0.2) is 5.69 Å². The average Bonchev–Trinajstić information content (AvgIpc) is 3.19. The molecule has 26 heavy (non-hydrogen) atoms. The van der Waals surface area contributed by atoms with Gasteiger partial charge in [-0.1, -0.05) is 6.07 Å². The van der Waals surface area contributed by atoms with Crippen LogP contribution in [0.4, 0.5) is 4.39 Å². The zero-order valence-electron chi connectivity index (χ0n) is 15.0. The number of amides is 1. The predicted molar refractivity (Wildman–Crippen MR) is 94.1 cm³/mol. The van der Waals surface area contributed by atoms with Crippen molar-refractivity contribution in [2.75, 3.05) is 13.1 Å². The molecule has 0 fully saturated rings. The number of halogens is 1. The predicted octanol–water partition coefficient (Wildman–Crippen LogP) is 2.75. The summed E-state index contributed by atoms with van der Waals surface area (Å²) in [7, 11) is 0. The summed E-state index contributed by atoms with van der Waals surface area (Å²) in [6, 6.07) is 4.82. The maximum atomic E-state index is 14.3. The van der Waals surface area contributed by atoms with Crippen LogP contribution in [0.2, 0.25) is 0 Å². The lowest BCUT2D eigenvalue weighted by Gasteiger charge is -2.19. The Hall–Kier alpha value is -2.70. The Kier molecular flexibility index (Phi) is 5.06. The number of fused-ring (bicyclic) bond motifs is 1. The highest BCUT2D eigenvalue weighted by molar-refractivity contribution is 5.94. The lowest BCUT2D eigenvalue weighted by Crippen LogP contribution is -2.33. The molecule has 1 heterocycles. The number of carboxylic acid groups (broad SMARTS) is 1. The van der Waals surface area contributed by atoms with Gasteiger partial charge in [0.1, 0.15) is 11.5 Å². The van der Waals surface area contributed by atoms with Crippen LogP contribution in [0.1, 0.15) is 47.1 Å². The molecule has 0 spiro atoms. The molecular formula is C19H22FN3O3. The van der Waals surface area contributed by atoms with Crippen LogP contribution in [0.15, 0.2) is 18.2 Å². The molecule has 7 heteroatoms. The number of nitrogens with zero attached hydrogens (tertiary/aromatic N) is 3. The van der Waals surface area contributed by atoms with Crippen molar-refractivity contribution >= 4 is 11.9 Å². The van der Waals surface area contributed by atoms with Gasteiger partial charge in [-0.2, -0.15) is 5.10 Å². The Balaban J connectivity index is 2.00. The van der Waals surface area contributed by atoms with E-state index >= 15 is 0 Å². The molecule has 1 aliphatic carbocycles. The molecule has 3 rings (SSSR count). The SMILES string of the molecule is CCN(CCC(=O)O)C(=O)c1nn(-c2cc(C)ccc2F)c2c1CCC2. The van der Waals surface area contributed by atoms with Crippen molar-refractivity contribution in [1.82, 2.24) is 14.7 Å². The standard InChI is InChI=1S/C19H22FN3O3/c1-3-22(10-9-17(24)25)19(26)18-13-5-4-6-15(13)23(21-18)16-11-12(2)7-8-14(16)20/h7-8,11H,3-6,9-10H2,1-2H3,(H,24,25). The van der Waals surface area contributed by atoms with Crippen LogP contribution in [-0.4, -0.2) is 44.8 Å². The van der Waals surface area contributed by atoms with E-state index in [-0.39, 0.29) is 24.7 Å². The first-order chi connectivity index (χ1) is 12.4. The first kappa shape index (κ1) is 18.1. The summed E-state index contributed by atoms with van der Waals surface area (Å²) in [6.45, 7) is 4.21. The van der Waals surface area contributed by atoms with Crippen LogP contribution in [0.5, 0.6) is 0 Å². The lowest BCUT2D eigenvalue weighted by molar-refractivity contribution is -0.137. The zero-order valence-corrected chi connectivity index (χ0v) is 15.0. The number of benzene rings is 1. The van der Waals surface area contributed by atoms with Gasteiger partial charge in [-0.15, -0.1) is 0 Å². The third-order valence-electron chi connectivity index (χ3n) is 4.73. The van der Waals surface area contributed by atoms with Crippen molar-refractivity contribution in [3.8, 4) is 5.69 Å². The molecule has 0 radical (unpaired) electrons. The molecule has 0 atom stereocenters. The normalized spacial score (nSPS) is 12.9. The first-order valence-corrected chi connectivity index (χ1v) is 8.80. The highest BCUT2D eigenvalue weighted by Crippen LogP contribution is 2.29. The number of carboxylic acids is 1. The summed E-state index contributed by atoms with van der Waals surface area (Å²) in [5, 5.41) is 13.3. The summed E-state index contributed by atoms with van der Waals surface area (Å²) in [5.74, 6) is -1.63. The van der Waals surface area contributed by atoms with Crippen LogP contribution in [0.3, 0.4) is 0 Å². The second kappa shape index (κ2) is 7.27. The van der Waals surface area contributed by atoms with E-state index in [1.807, 2.05) is 6.92 Å². The van der Waals surface area contributed by atoms with Gasteiger partial charge >= 0.3 is 5.97 Å². The van der Waals surface area contributed by atoms with Gasteiger partial charge in [0.25, 0.3) is 5.91 Å². The number of carbonyl (C=O) groups excluding carboxylic acids is 1. The van der Waals surface area contributed by atoms with E-state index in [4.69, 9.17) is 5.11 Å². The summed E-state index contributed by atoms with van der Waals surface area (Å²) < 4.78 is 15.9. The van der Waals surface area contributed by atoms with E-state index in [1.165, 1.54) is 11.0 Å². The van der Waals surface area contributed by atoms with Crippen LogP contribution in [0.25, 0.3) is 5.69 Å². The molecule has 2 aromatic rings. The number of rotatable bonds is 6. The largest absolute Gasteiger partial charge is 0.481 e. The zero-order chi connectivity index (χ0) is 18.8. The fraction of sp³-hybridized carbons (Fsp3) is 0.421. The van der Waals surface area contributed by atoms with Crippen molar-refractivity contribution in [1.29, 1.82) is 0 Å². The van der Waals surface area contributed by atoms with Gasteiger partial charge < -0.3 is 10.0 Å². The van der Waals surface area contributed by atoms with E-state index in [0.29, 0.717) is 17.9 Å². The maximum Gasteiger partial charge on any atom is 0.305 e. The molecule has 6 nitrogen and oxygen atoms in total. The van der Waals surface area contributed by atoms with Crippen molar-refractivity contribution in [2.45, 2.75) is 39.5 Å². The van der Waals surface area contributed by atoms with E-state index in [0.717, 1.165) is 36.1 Å². The van der Waals surface area contributed by atoms with Crippen LogP contribution in [-0.2, 0) is 17.6 Å². The number of carbonyl (C=O) groups is 2. The molecule has 0 saturated heterocycles. The number of aliphatic carboxylic acids is 1. The summed E-state index contributed by atoms with van der Waals surface area (Å²) in [6.07, 6.45) is 2.24. The monoisotopic (exact) mass is 359 g/mol. The van der Waals surface area contributed by atoms with Gasteiger partial charge in [-0.25, -0.2) is 9.07 Å². The van der Waals surface area contributed by atoms with Crippen molar-refractivity contribution in [3.63, 3.8) is 0 Å². The van der Waals surface area contributed by atoms with E-state index in [1.54, 1.807) is 23.7 Å². The summed E-state index contributed by atoms with van der Waals surface area (Å²) in [5.41, 5.74) is 3.28. The van der Waals surface area contributed by atoms with Crippen molar-refractivity contribution in [3.05, 3.63) is 46.5 Å². The molecule has 138 valence electrons. The summed E-state index contributed by atoms with van der Waals surface area (Å²) in [4.78, 5) is 25.2. The van der Waals surface area contributed by atoms with Gasteiger partial charge in [0, 0.05) is 24.3 Å². The Morgan fingerprint density at radius 3 is 2.81 bits per heavy atom. The van der Waals surface area contributed by atoms with E-state index in [9.17, 15) is 14.0 Å². The molecule has 1 aromatic heterocycles. The lowest BCUT2D eigenvalue weighted by atomic mass is 10.1. The van der Waals surface area contributed by atoms with E-state index < -0.39 is 5.97 Å². The Bertz CT molecular complexity index is 860. The number of hydrogen-bond acceptors (Lipinski definition) is 3. The Morgan fingerprint density at radius 2 is 2.12 bits per heavy atom. The highest BCUT2D eigenvalue weighted by Gasteiger charge is 2.30. The van der Waals surface area contributed by atoms with Gasteiger partial charge in [-0.3, -0.25) is 9.59 Å². The summed E-state index contributed by atoms with van der Waals surface area (Å²) >= 11 is 0. The molecule has 0 bridgehead atoms. The number of aryl methyl sites for hydroxylation is 1. The molecule has 1 aromatic carbocycles. The fourth-order valence-corrected chi connectivity index (χ4v) is 3.38. The van der Waals surface area contributed by atoms with Crippen LogP contribution in [0, 0.1) is 12.7 Å². The third-order valence-corrected chi connectivity index (χ3v) is 4.73. The van der Waals surface area contributed by atoms with Crippen molar-refractivity contribution in [2.24, 2.45) is 0 Å². The molecule has 0 aliphatic heterocycles. The molecule has 1 N–H and O–H groups in total. The maximum absolute atomic E-state index is 14.3. The fourth-order valence-electron chi connectivity index (χ4n) is 3.38. The third kappa shape index (κ3) is 3.34. The van der Waals surface area contributed by atoms with Crippen molar-refractivity contribution < 1.29 is 19.1 Å². The second-order valence-electron chi connectivity index (χ2n) is 6.52. The second-order valence-corrected chi connectivity index (χ2v) is 6.52. The van der Waals surface area contributed by atoms with Gasteiger partial charge in [0.05, 0.1) is 6.42 Å². The Morgan fingerprint density at radius 1 is 1.35 bits per heavy atom. The minimum Gasteiger partial charge on any atom is -0.481 e. The van der Waals surface area contributed by atoms with Crippen LogP contribution >= 0.6 is 0 Å². The molecule has 1 aliphatic rings. The topological polar surface area (TPSA) is 75.4 Å². The average molecular weight is 359 g/mol. The molecule has 0 saturated carbocycles. The number of hydrogen-bond donors (Lipinski definition) is 1. The molecule has 1 amide bonds. The minimum atomic E-state index is -0.950. The van der Waals surface area contributed by atoms with Crippen LogP contribution < -0.4 is 0 Å². The van der Waals surface area contributed by atoms with Gasteiger partial charge in [0.2, 0.25) is 0 Å². The number of aromatic nitrogens is 2. The van der Waals surface area contributed by atoms with Gasteiger partial charge in [-0.05, 0) is 50.8 Å². The molecular weight excluding hydrogens is 337 g/mol.